The second-order valence-corrected chi connectivity index (χ2v) is 9.51. The molecule has 32 heavy (non-hydrogen) atoms. The van der Waals surface area contributed by atoms with Crippen LogP contribution in [0.15, 0.2) is 41.0 Å². The number of rotatable bonds is 6. The number of Topliss-reactive ketones (excluding diaryl/α,β-unsaturated/α-hetero) is 1. The highest BCUT2D eigenvalue weighted by molar-refractivity contribution is 7.14. The number of ether oxygens (including phenoxy) is 2. The third-order valence-electron chi connectivity index (χ3n) is 5.33. The highest BCUT2D eigenvalue weighted by atomic mass is 32.1. The number of hydrogen-bond acceptors (Lipinski definition) is 8. The average Bonchev–Trinajstić information content (AvgIpc) is 3.42. The van der Waals surface area contributed by atoms with E-state index in [0.29, 0.717) is 27.8 Å². The number of benzene rings is 1. The molecule has 1 N–H and O–H groups in total. The summed E-state index contributed by atoms with van der Waals surface area (Å²) in [6, 6.07) is 6.19. The van der Waals surface area contributed by atoms with Gasteiger partial charge in [0.25, 0.3) is 5.91 Å². The Morgan fingerprint density at radius 2 is 1.78 bits per heavy atom. The molecule has 0 saturated carbocycles. The molecule has 4 rings (SSSR count). The molecular weight excluding hydrogens is 448 g/mol. The Labute approximate surface area is 193 Å². The fraction of sp³-hybridized carbons (Fsp3) is 0.261. The van der Waals surface area contributed by atoms with Gasteiger partial charge < -0.3 is 14.6 Å². The highest BCUT2D eigenvalue weighted by Gasteiger charge is 2.46. The molecule has 1 aliphatic rings. The zero-order valence-corrected chi connectivity index (χ0v) is 19.9. The van der Waals surface area contributed by atoms with Crippen LogP contribution < -0.4 is 14.4 Å². The summed E-state index contributed by atoms with van der Waals surface area (Å²) in [5.74, 6) is -0.626. The van der Waals surface area contributed by atoms with Gasteiger partial charge in [-0.1, -0.05) is 0 Å². The Morgan fingerprint density at radius 1 is 1.12 bits per heavy atom. The summed E-state index contributed by atoms with van der Waals surface area (Å²) < 4.78 is 10.7. The standard InChI is InChI=1S/C23H22N2O5S2/c1-11-6-7-31-21(11)18-17(19(26)22-12(2)24-13(3)32-22)20(27)23(28)25(18)14-8-15(29-4)10-16(9-14)30-5/h6-10,18,27H,1-5H3. The van der Waals surface area contributed by atoms with Gasteiger partial charge in [0.15, 0.2) is 5.76 Å². The van der Waals surface area contributed by atoms with Gasteiger partial charge in [0.1, 0.15) is 17.5 Å². The summed E-state index contributed by atoms with van der Waals surface area (Å²) in [6.45, 7) is 5.49. The maximum atomic E-state index is 13.6. The number of nitrogens with zero attached hydrogens (tertiary/aromatic N) is 2. The van der Waals surface area contributed by atoms with Gasteiger partial charge in [0.2, 0.25) is 5.78 Å². The largest absolute Gasteiger partial charge is 0.503 e. The molecule has 1 aromatic carbocycles. The number of thiazole rings is 1. The minimum absolute atomic E-state index is 0.0501. The SMILES string of the molecule is COc1cc(OC)cc(N2C(=O)C(O)=C(C(=O)c3sc(C)nc3C)C2c2sccc2C)c1. The summed E-state index contributed by atoms with van der Waals surface area (Å²) in [5, 5.41) is 13.6. The van der Waals surface area contributed by atoms with Crippen LogP contribution in [0.1, 0.15) is 36.9 Å². The van der Waals surface area contributed by atoms with Gasteiger partial charge in [-0.15, -0.1) is 22.7 Å². The minimum atomic E-state index is -0.784. The topological polar surface area (TPSA) is 89.0 Å². The van der Waals surface area contributed by atoms with Gasteiger partial charge in [0.05, 0.1) is 41.1 Å². The number of aliphatic hydroxyl groups excluding tert-OH is 1. The van der Waals surface area contributed by atoms with Crippen LogP contribution in [0.4, 0.5) is 5.69 Å². The number of hydrogen-bond donors (Lipinski definition) is 1. The number of methoxy groups -OCH3 is 2. The van der Waals surface area contributed by atoms with E-state index in [0.717, 1.165) is 15.4 Å². The molecule has 9 heteroatoms. The van der Waals surface area contributed by atoms with E-state index >= 15 is 0 Å². The van der Waals surface area contributed by atoms with E-state index in [4.69, 9.17) is 9.47 Å². The number of thiophene rings is 1. The van der Waals surface area contributed by atoms with Crippen LogP contribution in [-0.4, -0.2) is 36.0 Å². The van der Waals surface area contributed by atoms with Crippen molar-refractivity contribution in [2.45, 2.75) is 26.8 Å². The normalized spacial score (nSPS) is 16.1. The number of aliphatic hydroxyl groups is 1. The van der Waals surface area contributed by atoms with Crippen molar-refractivity contribution in [2.24, 2.45) is 0 Å². The lowest BCUT2D eigenvalue weighted by atomic mass is 9.98. The first-order valence-electron chi connectivity index (χ1n) is 9.79. The molecule has 1 unspecified atom stereocenters. The Morgan fingerprint density at radius 3 is 2.28 bits per heavy atom. The van der Waals surface area contributed by atoms with Gasteiger partial charge in [-0.2, -0.15) is 0 Å². The Bertz CT molecular complexity index is 1230. The number of carbonyl (C=O) groups is 2. The van der Waals surface area contributed by atoms with Gasteiger partial charge in [-0.25, -0.2) is 4.98 Å². The first-order chi connectivity index (χ1) is 15.3. The first-order valence-corrected chi connectivity index (χ1v) is 11.5. The lowest BCUT2D eigenvalue weighted by Crippen LogP contribution is -2.31. The smallest absolute Gasteiger partial charge is 0.294 e. The molecule has 0 radical (unpaired) electrons. The summed E-state index contributed by atoms with van der Waals surface area (Å²) in [4.78, 5) is 33.9. The van der Waals surface area contributed by atoms with E-state index in [1.165, 1.54) is 41.8 Å². The second kappa shape index (κ2) is 8.40. The van der Waals surface area contributed by atoms with E-state index in [1.54, 1.807) is 25.1 Å². The van der Waals surface area contributed by atoms with Crippen molar-refractivity contribution in [2.75, 3.05) is 19.1 Å². The molecule has 3 aromatic rings. The number of ketones is 1. The second-order valence-electron chi connectivity index (χ2n) is 7.36. The summed E-state index contributed by atoms with van der Waals surface area (Å²) >= 11 is 2.68. The quantitative estimate of drug-likeness (QED) is 0.514. The Balaban J connectivity index is 1.92. The van der Waals surface area contributed by atoms with Crippen molar-refractivity contribution in [3.05, 3.63) is 67.0 Å². The van der Waals surface area contributed by atoms with Crippen LogP contribution in [0.2, 0.25) is 0 Å². The van der Waals surface area contributed by atoms with E-state index in [2.05, 4.69) is 4.98 Å². The monoisotopic (exact) mass is 470 g/mol. The lowest BCUT2D eigenvalue weighted by Gasteiger charge is -2.27. The molecule has 2 aromatic heterocycles. The van der Waals surface area contributed by atoms with Crippen molar-refractivity contribution in [1.82, 2.24) is 4.98 Å². The van der Waals surface area contributed by atoms with Crippen molar-refractivity contribution in [3.8, 4) is 11.5 Å². The summed E-state index contributed by atoms with van der Waals surface area (Å²) in [5.41, 5.74) is 2.00. The molecule has 0 saturated heterocycles. The van der Waals surface area contributed by atoms with Crippen LogP contribution in [0.5, 0.6) is 11.5 Å². The van der Waals surface area contributed by atoms with E-state index in [1.807, 2.05) is 25.3 Å². The maximum Gasteiger partial charge on any atom is 0.294 e. The molecule has 1 atom stereocenters. The molecule has 0 bridgehead atoms. The average molecular weight is 471 g/mol. The van der Waals surface area contributed by atoms with Crippen molar-refractivity contribution in [3.63, 3.8) is 0 Å². The zero-order chi connectivity index (χ0) is 23.2. The van der Waals surface area contributed by atoms with Gasteiger partial charge in [0, 0.05) is 23.1 Å². The van der Waals surface area contributed by atoms with E-state index in [-0.39, 0.29) is 5.57 Å². The van der Waals surface area contributed by atoms with Crippen molar-refractivity contribution < 1.29 is 24.2 Å². The molecule has 1 aliphatic heterocycles. The van der Waals surface area contributed by atoms with Crippen LogP contribution in [0.3, 0.4) is 0 Å². The van der Waals surface area contributed by atoms with Crippen LogP contribution in [0.25, 0.3) is 0 Å². The lowest BCUT2D eigenvalue weighted by molar-refractivity contribution is -0.117. The third kappa shape index (κ3) is 3.57. The molecule has 7 nitrogen and oxygen atoms in total. The van der Waals surface area contributed by atoms with Gasteiger partial charge >= 0.3 is 0 Å². The summed E-state index contributed by atoms with van der Waals surface area (Å²) in [6.07, 6.45) is 0. The number of aromatic nitrogens is 1. The molecule has 1 amide bonds. The van der Waals surface area contributed by atoms with Crippen LogP contribution >= 0.6 is 22.7 Å². The molecule has 3 heterocycles. The predicted octanol–water partition coefficient (Wildman–Crippen LogP) is 4.93. The molecule has 0 fully saturated rings. The minimum Gasteiger partial charge on any atom is -0.503 e. The summed E-state index contributed by atoms with van der Waals surface area (Å²) in [7, 11) is 3.04. The van der Waals surface area contributed by atoms with Crippen molar-refractivity contribution in [1.29, 1.82) is 0 Å². The van der Waals surface area contributed by atoms with E-state index in [9.17, 15) is 14.7 Å². The predicted molar refractivity (Wildman–Crippen MR) is 124 cm³/mol. The third-order valence-corrected chi connectivity index (χ3v) is 7.47. The number of carbonyl (C=O) groups excluding carboxylic acids is 2. The first kappa shape index (κ1) is 22.0. The fourth-order valence-electron chi connectivity index (χ4n) is 3.81. The van der Waals surface area contributed by atoms with Gasteiger partial charge in [-0.05, 0) is 37.8 Å². The van der Waals surface area contributed by atoms with E-state index < -0.39 is 23.5 Å². The molecule has 166 valence electrons. The zero-order valence-electron chi connectivity index (χ0n) is 18.3. The Kier molecular flexibility index (Phi) is 5.79. The number of aryl methyl sites for hydroxylation is 3. The van der Waals surface area contributed by atoms with Crippen LogP contribution in [0, 0.1) is 20.8 Å². The van der Waals surface area contributed by atoms with Crippen molar-refractivity contribution >= 4 is 40.1 Å². The number of amides is 1. The Hall–Kier alpha value is -3.17. The van der Waals surface area contributed by atoms with Crippen LogP contribution in [-0.2, 0) is 4.79 Å². The number of anilines is 1. The molecule has 0 aliphatic carbocycles. The maximum absolute atomic E-state index is 13.6. The molecule has 0 spiro atoms. The highest BCUT2D eigenvalue weighted by Crippen LogP contribution is 2.46. The fourth-order valence-corrected chi connectivity index (χ4v) is 5.71. The van der Waals surface area contributed by atoms with Gasteiger partial charge in [-0.3, -0.25) is 14.5 Å². The molecular formula is C23H22N2O5S2.